The van der Waals surface area contributed by atoms with E-state index in [9.17, 15) is 4.79 Å². The van der Waals surface area contributed by atoms with E-state index < -0.39 is 23.5 Å². The van der Waals surface area contributed by atoms with Crippen molar-refractivity contribution in [3.8, 4) is 0 Å². The van der Waals surface area contributed by atoms with Gasteiger partial charge in [0.1, 0.15) is 0 Å². The molecule has 12 nitrogen and oxygen atoms in total. The van der Waals surface area contributed by atoms with Gasteiger partial charge in [-0.15, -0.1) is 0 Å². The van der Waals surface area contributed by atoms with E-state index in [0.29, 0.717) is 12.3 Å². The highest BCUT2D eigenvalue weighted by atomic mass is 31.2. The molecule has 7 fully saturated rings. The van der Waals surface area contributed by atoms with E-state index in [1.807, 2.05) is 0 Å². The number of carbonyl (C=O) groups is 1. The number of carbonyl (C=O) groups excluding carboxylic acids is 1. The lowest BCUT2D eigenvalue weighted by Gasteiger charge is -2.50. The molecule has 280 valence electrons. The van der Waals surface area contributed by atoms with Gasteiger partial charge < -0.3 is 4.52 Å². The molecule has 7 aliphatic heterocycles. The maximum Gasteiger partial charge on any atom is 0.356 e. The van der Waals surface area contributed by atoms with Crippen LogP contribution < -0.4 is 5.32 Å². The van der Waals surface area contributed by atoms with Crippen LogP contribution in [0.25, 0.3) is 0 Å². The van der Waals surface area contributed by atoms with Crippen LogP contribution in [0, 0.1) is 0 Å². The smallest absolute Gasteiger partial charge is 0.356 e. The highest BCUT2D eigenvalue weighted by molar-refractivity contribution is 7.72. The Morgan fingerprint density at radius 3 is 1.45 bits per heavy atom. The van der Waals surface area contributed by atoms with E-state index in [1.165, 1.54) is 89.9 Å². The zero-order valence-electron chi connectivity index (χ0n) is 31.2. The maximum absolute atomic E-state index is 13.2. The van der Waals surface area contributed by atoms with E-state index in [2.05, 4.69) is 59.0 Å². The van der Waals surface area contributed by atoms with Gasteiger partial charge in [-0.1, -0.05) is 0 Å². The number of nitrogens with zero attached hydrogens (tertiary/aromatic N) is 9. The summed E-state index contributed by atoms with van der Waals surface area (Å²) in [6.07, 6.45) is 17.8. The molecule has 7 saturated heterocycles. The Morgan fingerprint density at radius 2 is 1.02 bits per heavy atom. The number of nitrogens with one attached hydrogen (secondary N) is 1. The number of hydrogen-bond acceptors (Lipinski definition) is 6. The fraction of sp³-hybridized carbons (Fsp3) is 0.971. The van der Waals surface area contributed by atoms with Crippen LogP contribution in [-0.4, -0.2) is 135 Å². The summed E-state index contributed by atoms with van der Waals surface area (Å²) in [5.41, 5.74) is 0.0630. The zero-order valence-corrected chi connectivity index (χ0v) is 33.9. The van der Waals surface area contributed by atoms with Crippen molar-refractivity contribution >= 4 is 29.4 Å². The highest BCUT2D eigenvalue weighted by Crippen LogP contribution is 2.73. The Kier molecular flexibility index (Phi) is 12.3. The van der Waals surface area contributed by atoms with Crippen LogP contribution in [0.1, 0.15) is 118 Å². The first-order chi connectivity index (χ1) is 23.7. The van der Waals surface area contributed by atoms with E-state index in [1.54, 1.807) is 6.92 Å². The summed E-state index contributed by atoms with van der Waals surface area (Å²) in [6, 6.07) is 0. The monoisotopic (exact) mass is 740 g/mol. The van der Waals surface area contributed by atoms with Crippen LogP contribution in [0.5, 0.6) is 0 Å². The van der Waals surface area contributed by atoms with Gasteiger partial charge in [-0.3, -0.25) is 15.0 Å². The lowest BCUT2D eigenvalue weighted by molar-refractivity contribution is -0.131. The standard InChI is InChI=1S/C34H67N10O2P3/c1-31(45)46-47(36-48(38-19-5-6-20-38,39-21-7-8-22-39)40-23-9-10-24-40)37-49(41-25-11-12-26-41,42-27-13-14-28-42)44-30-16-18-33(44)43-29-15-17-32(43)35-34(2,3)4/h32-33,35H,5-30H2,1-4H3. The Balaban J connectivity index is 1.40. The molecule has 0 aromatic carbocycles. The molecule has 0 bridgehead atoms. The maximum atomic E-state index is 13.2. The van der Waals surface area contributed by atoms with Gasteiger partial charge in [0.25, 0.3) is 0 Å². The molecule has 3 unspecified atom stereocenters. The molecular weight excluding hydrogens is 673 g/mol. The molecule has 0 saturated carbocycles. The molecule has 0 aromatic rings. The van der Waals surface area contributed by atoms with Crippen LogP contribution in [0.15, 0.2) is 9.03 Å². The van der Waals surface area contributed by atoms with Crippen LogP contribution >= 0.6 is 23.5 Å². The quantitative estimate of drug-likeness (QED) is 0.217. The molecule has 0 amide bonds. The van der Waals surface area contributed by atoms with Crippen LogP contribution in [0.3, 0.4) is 0 Å². The van der Waals surface area contributed by atoms with Crippen molar-refractivity contribution in [2.75, 3.05) is 78.5 Å². The fourth-order valence-electron chi connectivity index (χ4n) is 9.78. The summed E-state index contributed by atoms with van der Waals surface area (Å²) >= 11 is 0. The average molecular weight is 741 g/mol. The second-order valence-corrected chi connectivity index (χ2v) is 24.1. The third kappa shape index (κ3) is 7.83. The van der Waals surface area contributed by atoms with Crippen LogP contribution in [-0.2, 0) is 9.32 Å². The molecular formula is C34H67N10O2P3. The predicted molar refractivity (Wildman–Crippen MR) is 204 cm³/mol. The Bertz CT molecular complexity index is 1170. The van der Waals surface area contributed by atoms with E-state index in [4.69, 9.17) is 13.6 Å². The molecule has 49 heavy (non-hydrogen) atoms. The summed E-state index contributed by atoms with van der Waals surface area (Å²) < 4.78 is 35.5. The van der Waals surface area contributed by atoms with Gasteiger partial charge in [0, 0.05) is 91.0 Å². The third-order valence-corrected chi connectivity index (χ3v) is 22.2. The van der Waals surface area contributed by atoms with E-state index in [0.717, 1.165) is 78.5 Å². The average Bonchev–Trinajstić information content (AvgIpc) is 3.93. The highest BCUT2D eigenvalue weighted by Gasteiger charge is 2.52. The van der Waals surface area contributed by atoms with Gasteiger partial charge in [0.05, 0.1) is 12.3 Å². The molecule has 7 aliphatic rings. The number of likely N-dealkylation sites (tertiary alicyclic amines) is 1. The van der Waals surface area contributed by atoms with Crippen molar-refractivity contribution in [1.29, 1.82) is 0 Å². The van der Waals surface area contributed by atoms with Gasteiger partial charge in [0.2, 0.25) is 0 Å². The van der Waals surface area contributed by atoms with Crippen molar-refractivity contribution in [2.24, 2.45) is 9.03 Å². The molecule has 0 aliphatic carbocycles. The first-order valence-corrected chi connectivity index (χ1v) is 24.4. The Labute approximate surface area is 299 Å². The SMILES string of the molecule is CC(=O)OP(N=P(N1CCCC1)(N1CCCC1)N1CCCC1)N=P(N1CCCC1)(N1CCCC1)N1CCCC1N1CCCC1NC(C)(C)C. The van der Waals surface area contributed by atoms with Gasteiger partial charge in [0.15, 0.2) is 15.0 Å². The van der Waals surface area contributed by atoms with Crippen molar-refractivity contribution in [3.05, 3.63) is 0 Å². The normalized spacial score (nSPS) is 30.3. The summed E-state index contributed by atoms with van der Waals surface area (Å²) in [6.45, 7) is 21.6. The number of rotatable bonds is 11. The van der Waals surface area contributed by atoms with Gasteiger partial charge in [-0.05, 0) is 111 Å². The first-order valence-electron chi connectivity index (χ1n) is 20.0. The van der Waals surface area contributed by atoms with Crippen molar-refractivity contribution in [3.63, 3.8) is 0 Å². The molecule has 15 heteroatoms. The lowest BCUT2D eigenvalue weighted by atomic mass is 10.1. The molecule has 3 atom stereocenters. The largest absolute Gasteiger partial charge is 0.402 e. The summed E-state index contributed by atoms with van der Waals surface area (Å²) in [4.78, 5) is 16.0. The van der Waals surface area contributed by atoms with Crippen LogP contribution in [0.2, 0.25) is 0 Å². The van der Waals surface area contributed by atoms with Crippen molar-refractivity contribution in [2.45, 2.75) is 135 Å². The van der Waals surface area contributed by atoms with E-state index >= 15 is 0 Å². The third-order valence-electron chi connectivity index (χ3n) is 11.7. The second kappa shape index (κ2) is 16.2. The van der Waals surface area contributed by atoms with E-state index in [-0.39, 0.29) is 11.5 Å². The summed E-state index contributed by atoms with van der Waals surface area (Å²) in [7, 11) is -6.44. The Morgan fingerprint density at radius 1 is 0.612 bits per heavy atom. The summed E-state index contributed by atoms with van der Waals surface area (Å²) in [5.74, 6) is -0.228. The zero-order chi connectivity index (χ0) is 34.1. The second-order valence-electron chi connectivity index (χ2n) is 16.5. The lowest BCUT2D eigenvalue weighted by Crippen LogP contribution is -2.56. The van der Waals surface area contributed by atoms with Gasteiger partial charge >= 0.3 is 14.4 Å². The number of hydrogen-bond donors (Lipinski definition) is 1. The predicted octanol–water partition coefficient (Wildman–Crippen LogP) is 7.38. The van der Waals surface area contributed by atoms with Gasteiger partial charge in [-0.2, -0.15) is 9.03 Å². The van der Waals surface area contributed by atoms with Crippen molar-refractivity contribution < 1.29 is 9.32 Å². The topological polar surface area (TPSA) is 85.7 Å². The molecule has 0 spiro atoms. The molecule has 7 heterocycles. The molecule has 0 aromatic heterocycles. The summed E-state index contributed by atoms with van der Waals surface area (Å²) in [5, 5.41) is 4.01. The van der Waals surface area contributed by atoms with Crippen molar-refractivity contribution in [1.82, 2.24) is 38.2 Å². The minimum atomic E-state index is -2.44. The van der Waals surface area contributed by atoms with Gasteiger partial charge in [-0.25, -0.2) is 28.0 Å². The van der Waals surface area contributed by atoms with Crippen LogP contribution in [0.4, 0.5) is 0 Å². The minimum Gasteiger partial charge on any atom is -0.402 e. The fourth-order valence-corrected chi connectivity index (χ4v) is 22.3. The minimum absolute atomic E-state index is 0.0630. The Hall–Kier alpha value is 0.0400. The molecule has 1 N–H and O–H groups in total. The first kappa shape index (κ1) is 37.4. The molecule has 0 radical (unpaired) electrons. The molecule has 7 rings (SSSR count).